The van der Waals surface area contributed by atoms with Gasteiger partial charge in [0.25, 0.3) is 0 Å². The maximum absolute atomic E-state index is 3.75. The summed E-state index contributed by atoms with van der Waals surface area (Å²) in [5.74, 6) is 0.866. The summed E-state index contributed by atoms with van der Waals surface area (Å²) in [6, 6.07) is 16.3. The van der Waals surface area contributed by atoms with Crippen LogP contribution in [0.15, 0.2) is 42.5 Å². The van der Waals surface area contributed by atoms with Crippen LogP contribution in [0.3, 0.4) is 0 Å². The summed E-state index contributed by atoms with van der Waals surface area (Å²) in [7, 11) is 0. The second-order valence-electron chi connectivity index (χ2n) is 6.45. The van der Waals surface area contributed by atoms with E-state index in [1.54, 1.807) is 0 Å². The predicted molar refractivity (Wildman–Crippen MR) is 91.7 cm³/mol. The third-order valence-corrected chi connectivity index (χ3v) is 4.95. The average Bonchev–Trinajstić information content (AvgIpc) is 2.55. The summed E-state index contributed by atoms with van der Waals surface area (Å²) in [5, 5.41) is 6.46. The maximum atomic E-state index is 3.75. The van der Waals surface area contributed by atoms with Crippen LogP contribution in [0.1, 0.15) is 44.6 Å². The van der Waals surface area contributed by atoms with Gasteiger partial charge in [-0.25, -0.2) is 0 Å². The number of rotatable bonds is 5. The van der Waals surface area contributed by atoms with Crippen molar-refractivity contribution in [3.8, 4) is 0 Å². The van der Waals surface area contributed by atoms with Crippen molar-refractivity contribution >= 4 is 10.8 Å². The molecule has 0 amide bonds. The van der Waals surface area contributed by atoms with E-state index >= 15 is 0 Å². The van der Waals surface area contributed by atoms with Crippen molar-refractivity contribution in [2.45, 2.75) is 51.5 Å². The molecule has 3 rings (SSSR count). The van der Waals surface area contributed by atoms with Gasteiger partial charge in [-0.2, -0.15) is 0 Å². The van der Waals surface area contributed by atoms with Gasteiger partial charge in [0.1, 0.15) is 0 Å². The Bertz CT molecular complexity index is 569. The van der Waals surface area contributed by atoms with Gasteiger partial charge in [-0.3, -0.25) is 0 Å². The molecule has 1 atom stereocenters. The highest BCUT2D eigenvalue weighted by Crippen LogP contribution is 2.28. The van der Waals surface area contributed by atoms with Crippen molar-refractivity contribution in [2.75, 3.05) is 6.54 Å². The largest absolute Gasteiger partial charge is 0.314 e. The lowest BCUT2D eigenvalue weighted by atomic mass is 9.81. The van der Waals surface area contributed by atoms with E-state index in [4.69, 9.17) is 0 Å². The van der Waals surface area contributed by atoms with Crippen LogP contribution in [0.4, 0.5) is 0 Å². The topological polar surface area (TPSA) is 12.0 Å². The molecule has 0 bridgehead atoms. The highest BCUT2D eigenvalue weighted by molar-refractivity contribution is 5.82. The Morgan fingerprint density at radius 2 is 1.76 bits per heavy atom. The third kappa shape index (κ3) is 3.65. The van der Waals surface area contributed by atoms with Gasteiger partial charge in [0, 0.05) is 6.04 Å². The van der Waals surface area contributed by atoms with Gasteiger partial charge in [-0.05, 0) is 48.1 Å². The minimum absolute atomic E-state index is 0.650. The molecule has 112 valence electrons. The normalized spacial score (nSPS) is 18.0. The van der Waals surface area contributed by atoms with Crippen LogP contribution in [-0.4, -0.2) is 12.6 Å². The summed E-state index contributed by atoms with van der Waals surface area (Å²) in [6.07, 6.45) is 8.26. The fourth-order valence-electron chi connectivity index (χ4n) is 3.82. The first-order valence-electron chi connectivity index (χ1n) is 8.58. The van der Waals surface area contributed by atoms with E-state index in [1.165, 1.54) is 54.9 Å². The Morgan fingerprint density at radius 1 is 1.00 bits per heavy atom. The zero-order chi connectivity index (χ0) is 14.5. The van der Waals surface area contributed by atoms with E-state index in [2.05, 4.69) is 54.7 Å². The second-order valence-corrected chi connectivity index (χ2v) is 6.45. The van der Waals surface area contributed by atoms with Crippen molar-refractivity contribution in [3.05, 3.63) is 48.0 Å². The fraction of sp³-hybridized carbons (Fsp3) is 0.500. The monoisotopic (exact) mass is 281 g/mol. The predicted octanol–water partition coefficient (Wildman–Crippen LogP) is 4.94. The molecule has 1 N–H and O–H groups in total. The van der Waals surface area contributed by atoms with Gasteiger partial charge < -0.3 is 5.32 Å². The molecule has 2 aromatic carbocycles. The van der Waals surface area contributed by atoms with Crippen molar-refractivity contribution < 1.29 is 0 Å². The van der Waals surface area contributed by atoms with E-state index in [1.807, 2.05) is 0 Å². The Hall–Kier alpha value is -1.34. The van der Waals surface area contributed by atoms with Crippen molar-refractivity contribution in [1.29, 1.82) is 0 Å². The number of hydrogen-bond acceptors (Lipinski definition) is 1. The lowest BCUT2D eigenvalue weighted by molar-refractivity contribution is 0.269. The molecule has 1 fully saturated rings. The standard InChI is InChI=1S/C20H27N/c1-2-21-20(18-9-4-3-5-10-18)15-16-12-13-17-8-6-7-11-19(17)14-16/h6-8,11-14,18,20-21H,2-5,9-10,15H2,1H3. The number of nitrogens with one attached hydrogen (secondary N) is 1. The zero-order valence-electron chi connectivity index (χ0n) is 13.1. The van der Waals surface area contributed by atoms with E-state index in [0.29, 0.717) is 6.04 Å². The summed E-state index contributed by atoms with van der Waals surface area (Å²) < 4.78 is 0. The molecule has 1 aliphatic carbocycles. The first-order valence-corrected chi connectivity index (χ1v) is 8.58. The fourth-order valence-corrected chi connectivity index (χ4v) is 3.82. The van der Waals surface area contributed by atoms with Gasteiger partial charge in [0.2, 0.25) is 0 Å². The molecule has 0 heterocycles. The van der Waals surface area contributed by atoms with Gasteiger partial charge in [0.15, 0.2) is 0 Å². The molecule has 21 heavy (non-hydrogen) atoms. The molecule has 0 saturated heterocycles. The minimum Gasteiger partial charge on any atom is -0.314 e. The lowest BCUT2D eigenvalue weighted by Gasteiger charge is -2.31. The molecule has 0 spiro atoms. The van der Waals surface area contributed by atoms with E-state index < -0.39 is 0 Å². The molecule has 0 radical (unpaired) electrons. The summed E-state index contributed by atoms with van der Waals surface area (Å²) in [4.78, 5) is 0. The number of benzene rings is 2. The van der Waals surface area contributed by atoms with E-state index in [0.717, 1.165) is 12.5 Å². The first-order chi connectivity index (χ1) is 10.4. The van der Waals surface area contributed by atoms with Crippen LogP contribution < -0.4 is 5.32 Å². The Kier molecular flexibility index (Phi) is 4.92. The van der Waals surface area contributed by atoms with Crippen LogP contribution in [0.5, 0.6) is 0 Å². The number of fused-ring (bicyclic) bond motifs is 1. The molecule has 1 aliphatic rings. The summed E-state index contributed by atoms with van der Waals surface area (Å²) >= 11 is 0. The van der Waals surface area contributed by atoms with Crippen molar-refractivity contribution in [2.24, 2.45) is 5.92 Å². The van der Waals surface area contributed by atoms with Crippen LogP contribution in [0, 0.1) is 5.92 Å². The number of hydrogen-bond donors (Lipinski definition) is 1. The molecule has 0 aliphatic heterocycles. The molecular weight excluding hydrogens is 254 g/mol. The zero-order valence-corrected chi connectivity index (χ0v) is 13.1. The summed E-state index contributed by atoms with van der Waals surface area (Å²) in [5.41, 5.74) is 1.48. The van der Waals surface area contributed by atoms with Crippen LogP contribution in [0.2, 0.25) is 0 Å². The molecular formula is C20H27N. The second kappa shape index (κ2) is 7.09. The van der Waals surface area contributed by atoms with Crippen LogP contribution >= 0.6 is 0 Å². The Labute approximate surface area is 128 Å². The molecule has 1 saturated carbocycles. The molecule has 1 unspecified atom stereocenters. The Balaban J connectivity index is 1.76. The van der Waals surface area contributed by atoms with Gasteiger partial charge in [-0.1, -0.05) is 68.7 Å². The molecule has 1 heteroatoms. The molecule has 1 nitrogen and oxygen atoms in total. The SMILES string of the molecule is CCNC(Cc1ccc2ccccc2c1)C1CCCCC1. The van der Waals surface area contributed by atoms with Crippen molar-refractivity contribution in [1.82, 2.24) is 5.32 Å². The van der Waals surface area contributed by atoms with Gasteiger partial charge in [-0.15, -0.1) is 0 Å². The highest BCUT2D eigenvalue weighted by Gasteiger charge is 2.23. The van der Waals surface area contributed by atoms with Gasteiger partial charge in [0.05, 0.1) is 0 Å². The van der Waals surface area contributed by atoms with E-state index in [-0.39, 0.29) is 0 Å². The van der Waals surface area contributed by atoms with Crippen LogP contribution in [0.25, 0.3) is 10.8 Å². The van der Waals surface area contributed by atoms with Gasteiger partial charge >= 0.3 is 0 Å². The third-order valence-electron chi connectivity index (χ3n) is 4.95. The molecule has 0 aromatic heterocycles. The highest BCUT2D eigenvalue weighted by atomic mass is 14.9. The average molecular weight is 281 g/mol. The maximum Gasteiger partial charge on any atom is 0.0136 e. The quantitative estimate of drug-likeness (QED) is 0.818. The summed E-state index contributed by atoms with van der Waals surface area (Å²) in [6.45, 7) is 3.31. The lowest BCUT2D eigenvalue weighted by Crippen LogP contribution is -2.38. The molecule has 2 aromatic rings. The van der Waals surface area contributed by atoms with E-state index in [9.17, 15) is 0 Å². The minimum atomic E-state index is 0.650. The Morgan fingerprint density at radius 3 is 2.52 bits per heavy atom. The van der Waals surface area contributed by atoms with Crippen molar-refractivity contribution in [3.63, 3.8) is 0 Å². The smallest absolute Gasteiger partial charge is 0.0136 e. The first kappa shape index (κ1) is 14.6. The number of likely N-dealkylation sites (N-methyl/N-ethyl adjacent to an activating group) is 1. The van der Waals surface area contributed by atoms with Crippen LogP contribution in [-0.2, 0) is 6.42 Å².